The number of carbonyl (C=O) groups is 1. The Bertz CT molecular complexity index is 1030. The average molecular weight is 399 g/mol. The van der Waals surface area contributed by atoms with E-state index in [4.69, 9.17) is 4.74 Å². The zero-order chi connectivity index (χ0) is 20.5. The minimum atomic E-state index is -0.301. The molecule has 0 radical (unpaired) electrons. The van der Waals surface area contributed by atoms with Crippen molar-refractivity contribution in [3.8, 4) is 11.1 Å². The normalized spacial score (nSPS) is 17.2. The summed E-state index contributed by atoms with van der Waals surface area (Å²) >= 11 is 0. The number of ether oxygens (including phenoxy) is 1. The van der Waals surface area contributed by atoms with Crippen molar-refractivity contribution in [1.29, 1.82) is 0 Å². The number of nitrogens with zero attached hydrogens (tertiary/aromatic N) is 1. The van der Waals surface area contributed by atoms with Crippen molar-refractivity contribution in [2.75, 3.05) is 13.2 Å². The van der Waals surface area contributed by atoms with Crippen molar-refractivity contribution >= 4 is 6.09 Å². The van der Waals surface area contributed by atoms with Crippen LogP contribution < -0.4 is 0 Å². The van der Waals surface area contributed by atoms with Gasteiger partial charge in [-0.1, -0.05) is 72.8 Å². The van der Waals surface area contributed by atoms with Crippen LogP contribution in [0.2, 0.25) is 0 Å². The van der Waals surface area contributed by atoms with Gasteiger partial charge in [0.2, 0.25) is 0 Å². The highest BCUT2D eigenvalue weighted by molar-refractivity contribution is 5.79. The van der Waals surface area contributed by atoms with Crippen LogP contribution in [0.25, 0.3) is 11.1 Å². The molecule has 3 aromatic carbocycles. The van der Waals surface area contributed by atoms with Gasteiger partial charge in [0.15, 0.2) is 0 Å². The predicted molar refractivity (Wildman–Crippen MR) is 116 cm³/mol. The number of carbonyl (C=O) groups excluding carboxylic acids is 1. The summed E-state index contributed by atoms with van der Waals surface area (Å²) < 4.78 is 5.88. The van der Waals surface area contributed by atoms with Crippen molar-refractivity contribution < 1.29 is 14.6 Å². The molecule has 1 aliphatic carbocycles. The van der Waals surface area contributed by atoms with Crippen LogP contribution in [0.4, 0.5) is 4.79 Å². The summed E-state index contributed by atoms with van der Waals surface area (Å²) in [5.41, 5.74) is 7.27. The fourth-order valence-corrected chi connectivity index (χ4v) is 4.89. The van der Waals surface area contributed by atoms with Crippen LogP contribution >= 0.6 is 0 Å². The largest absolute Gasteiger partial charge is 0.448 e. The van der Waals surface area contributed by atoms with E-state index in [1.165, 1.54) is 27.8 Å². The van der Waals surface area contributed by atoms with Crippen molar-refractivity contribution in [3.05, 3.63) is 95.1 Å². The minimum Gasteiger partial charge on any atom is -0.448 e. The summed E-state index contributed by atoms with van der Waals surface area (Å²) in [6.07, 6.45) is 1.00. The second kappa shape index (κ2) is 7.96. The van der Waals surface area contributed by atoms with Gasteiger partial charge in [-0.3, -0.25) is 0 Å². The van der Waals surface area contributed by atoms with Crippen molar-refractivity contribution in [2.45, 2.75) is 31.3 Å². The van der Waals surface area contributed by atoms with E-state index in [1.54, 1.807) is 4.90 Å². The molecule has 0 aromatic heterocycles. The van der Waals surface area contributed by atoms with E-state index in [1.807, 2.05) is 24.3 Å². The fraction of sp³-hybridized carbons (Fsp3) is 0.269. The lowest BCUT2D eigenvalue weighted by atomic mass is 9.93. The van der Waals surface area contributed by atoms with Gasteiger partial charge in [-0.25, -0.2) is 4.79 Å². The molecule has 0 spiro atoms. The molecule has 1 amide bonds. The van der Waals surface area contributed by atoms with Gasteiger partial charge in [-0.15, -0.1) is 0 Å². The van der Waals surface area contributed by atoms with E-state index in [0.29, 0.717) is 19.6 Å². The molecule has 4 heteroatoms. The van der Waals surface area contributed by atoms with E-state index >= 15 is 0 Å². The van der Waals surface area contributed by atoms with Crippen LogP contribution in [0.1, 0.15) is 34.6 Å². The van der Waals surface area contributed by atoms with Gasteiger partial charge >= 0.3 is 6.09 Å². The molecule has 4 nitrogen and oxygen atoms in total. The highest BCUT2D eigenvalue weighted by Gasteiger charge is 2.33. The van der Waals surface area contributed by atoms with E-state index in [9.17, 15) is 9.90 Å². The third-order valence-electron chi connectivity index (χ3n) is 6.39. The second-order valence-corrected chi connectivity index (χ2v) is 8.07. The Hall–Kier alpha value is -3.11. The Labute approximate surface area is 176 Å². The number of hydrogen-bond acceptors (Lipinski definition) is 3. The standard InChI is InChI=1S/C26H25NO3/c28-14-13-20-15-18-7-1-2-8-19(18)16-27(20)26(29)30-17-25-23-11-5-3-9-21(23)22-10-4-6-12-24(22)25/h1-12,20,25,28H,13-17H2/t20-/m1/s1. The maximum absolute atomic E-state index is 13.1. The van der Waals surface area contributed by atoms with Gasteiger partial charge in [-0.2, -0.15) is 0 Å². The van der Waals surface area contributed by atoms with E-state index in [0.717, 1.165) is 12.0 Å². The molecular weight excluding hydrogens is 374 g/mol. The van der Waals surface area contributed by atoms with Gasteiger partial charge < -0.3 is 14.7 Å². The van der Waals surface area contributed by atoms with Gasteiger partial charge in [0.1, 0.15) is 6.61 Å². The zero-order valence-electron chi connectivity index (χ0n) is 16.8. The lowest BCUT2D eigenvalue weighted by Crippen LogP contribution is -2.45. The molecule has 1 aliphatic heterocycles. The number of aliphatic hydroxyl groups excluding tert-OH is 1. The Morgan fingerprint density at radius 2 is 1.50 bits per heavy atom. The Morgan fingerprint density at radius 3 is 2.17 bits per heavy atom. The molecule has 5 rings (SSSR count). The van der Waals surface area contributed by atoms with Crippen LogP contribution in [-0.4, -0.2) is 35.4 Å². The monoisotopic (exact) mass is 399 g/mol. The van der Waals surface area contributed by atoms with Crippen molar-refractivity contribution in [1.82, 2.24) is 4.90 Å². The van der Waals surface area contributed by atoms with Gasteiger partial charge in [0.05, 0.1) is 0 Å². The highest BCUT2D eigenvalue weighted by Crippen LogP contribution is 2.44. The zero-order valence-corrected chi connectivity index (χ0v) is 16.8. The third-order valence-corrected chi connectivity index (χ3v) is 6.39. The number of amides is 1. The summed E-state index contributed by atoms with van der Waals surface area (Å²) in [7, 11) is 0. The van der Waals surface area contributed by atoms with Crippen LogP contribution in [0.15, 0.2) is 72.8 Å². The minimum absolute atomic E-state index is 0.0412. The Morgan fingerprint density at radius 1 is 0.900 bits per heavy atom. The summed E-state index contributed by atoms with van der Waals surface area (Å²) in [5, 5.41) is 9.51. The Kier molecular flexibility index (Phi) is 5.01. The number of benzene rings is 3. The first-order valence-electron chi connectivity index (χ1n) is 10.6. The molecular formula is C26H25NO3. The topological polar surface area (TPSA) is 49.8 Å². The lowest BCUT2D eigenvalue weighted by molar-refractivity contribution is 0.0698. The van der Waals surface area contributed by atoms with Crippen LogP contribution in [0, 0.1) is 0 Å². The molecule has 30 heavy (non-hydrogen) atoms. The average Bonchev–Trinajstić information content (AvgIpc) is 3.11. The molecule has 0 unspecified atom stereocenters. The molecule has 1 N–H and O–H groups in total. The fourth-order valence-electron chi connectivity index (χ4n) is 4.89. The second-order valence-electron chi connectivity index (χ2n) is 8.07. The number of hydrogen-bond donors (Lipinski definition) is 1. The molecule has 0 fully saturated rings. The maximum atomic E-state index is 13.1. The number of aliphatic hydroxyl groups is 1. The molecule has 1 atom stereocenters. The Balaban J connectivity index is 1.36. The molecule has 2 aliphatic rings. The number of fused-ring (bicyclic) bond motifs is 4. The molecule has 0 bridgehead atoms. The van der Waals surface area contributed by atoms with Gasteiger partial charge in [-0.05, 0) is 46.2 Å². The SMILES string of the molecule is O=C(OCC1c2ccccc2-c2ccccc21)N1Cc2ccccc2C[C@H]1CCO. The maximum Gasteiger partial charge on any atom is 0.410 e. The van der Waals surface area contributed by atoms with E-state index in [-0.39, 0.29) is 24.7 Å². The van der Waals surface area contributed by atoms with Crippen LogP contribution in [0.5, 0.6) is 0 Å². The first-order valence-corrected chi connectivity index (χ1v) is 10.6. The summed E-state index contributed by atoms with van der Waals surface area (Å²) in [5.74, 6) is 0.0507. The molecule has 1 heterocycles. The summed E-state index contributed by atoms with van der Waals surface area (Å²) in [6, 6.07) is 24.9. The highest BCUT2D eigenvalue weighted by atomic mass is 16.6. The van der Waals surface area contributed by atoms with Crippen molar-refractivity contribution in [2.24, 2.45) is 0 Å². The predicted octanol–water partition coefficient (Wildman–Crippen LogP) is 4.74. The van der Waals surface area contributed by atoms with Gasteiger partial charge in [0, 0.05) is 25.1 Å². The van der Waals surface area contributed by atoms with E-state index < -0.39 is 0 Å². The van der Waals surface area contributed by atoms with Crippen molar-refractivity contribution in [3.63, 3.8) is 0 Å². The van der Waals surface area contributed by atoms with Gasteiger partial charge in [0.25, 0.3) is 0 Å². The molecule has 3 aromatic rings. The summed E-state index contributed by atoms with van der Waals surface area (Å²) in [4.78, 5) is 14.9. The first kappa shape index (κ1) is 18.9. The van der Waals surface area contributed by atoms with E-state index in [2.05, 4.69) is 48.5 Å². The molecule has 0 saturated heterocycles. The van der Waals surface area contributed by atoms with Crippen LogP contribution in [0.3, 0.4) is 0 Å². The molecule has 152 valence electrons. The first-order chi connectivity index (χ1) is 14.8. The summed E-state index contributed by atoms with van der Waals surface area (Å²) in [6.45, 7) is 0.897. The lowest BCUT2D eigenvalue weighted by Gasteiger charge is -2.36. The molecule has 0 saturated carbocycles. The van der Waals surface area contributed by atoms with Crippen LogP contribution in [-0.2, 0) is 17.7 Å². The third kappa shape index (κ3) is 3.27. The smallest absolute Gasteiger partial charge is 0.410 e. The number of rotatable bonds is 4. The quantitative estimate of drug-likeness (QED) is 0.689.